The highest BCUT2D eigenvalue weighted by molar-refractivity contribution is 6.00. The first-order valence-corrected chi connectivity index (χ1v) is 10.6. The molecule has 0 aliphatic carbocycles. The van der Waals surface area contributed by atoms with Crippen LogP contribution in [0.1, 0.15) is 28.9 Å². The average Bonchev–Trinajstić information content (AvgIpc) is 3.44. The molecule has 1 saturated heterocycles. The molecule has 156 valence electrons. The first kappa shape index (κ1) is 19.3. The highest BCUT2D eigenvalue weighted by atomic mass is 16.5. The van der Waals surface area contributed by atoms with E-state index in [4.69, 9.17) is 9.72 Å². The summed E-state index contributed by atoms with van der Waals surface area (Å²) in [5.74, 6) is 0.574. The van der Waals surface area contributed by atoms with E-state index in [1.807, 2.05) is 83.1 Å². The zero-order valence-corrected chi connectivity index (χ0v) is 17.4. The van der Waals surface area contributed by atoms with Crippen LogP contribution in [0.4, 0.5) is 0 Å². The summed E-state index contributed by atoms with van der Waals surface area (Å²) >= 11 is 0. The van der Waals surface area contributed by atoms with Gasteiger partial charge in [-0.1, -0.05) is 42.5 Å². The number of carbonyl (C=O) groups is 1. The SMILES string of the molecule is Cc1ccc(OC[C@@H]2CCCN2C(=O)c2c(-c3ccccc3)nc3ccccn23)nc1. The van der Waals surface area contributed by atoms with Crippen molar-refractivity contribution in [1.82, 2.24) is 19.3 Å². The van der Waals surface area contributed by atoms with Crippen molar-refractivity contribution in [3.63, 3.8) is 0 Å². The van der Waals surface area contributed by atoms with Crippen LogP contribution in [0.2, 0.25) is 0 Å². The molecule has 1 aliphatic rings. The lowest BCUT2D eigenvalue weighted by molar-refractivity contribution is 0.0683. The summed E-state index contributed by atoms with van der Waals surface area (Å²) in [5.41, 5.74) is 4.10. The van der Waals surface area contributed by atoms with Crippen molar-refractivity contribution in [3.05, 3.63) is 84.3 Å². The predicted octanol–water partition coefficient (Wildman–Crippen LogP) is 4.39. The number of amides is 1. The van der Waals surface area contributed by atoms with E-state index in [1.54, 1.807) is 6.20 Å². The van der Waals surface area contributed by atoms with E-state index in [2.05, 4.69) is 4.98 Å². The third-order valence-electron chi connectivity index (χ3n) is 5.73. The normalized spacial score (nSPS) is 16.0. The Kier molecular flexibility index (Phi) is 5.12. The molecule has 1 fully saturated rings. The number of fused-ring (bicyclic) bond motifs is 1. The van der Waals surface area contributed by atoms with E-state index in [9.17, 15) is 4.79 Å². The molecule has 0 spiro atoms. The number of aryl methyl sites for hydroxylation is 1. The molecule has 1 aromatic carbocycles. The lowest BCUT2D eigenvalue weighted by atomic mass is 10.1. The van der Waals surface area contributed by atoms with Gasteiger partial charge in [0.1, 0.15) is 23.6 Å². The fraction of sp³-hybridized carbons (Fsp3) is 0.240. The van der Waals surface area contributed by atoms with Gasteiger partial charge < -0.3 is 9.64 Å². The molecule has 1 amide bonds. The van der Waals surface area contributed by atoms with Crippen LogP contribution in [0.3, 0.4) is 0 Å². The quantitative estimate of drug-likeness (QED) is 0.488. The second-order valence-corrected chi connectivity index (χ2v) is 7.88. The van der Waals surface area contributed by atoms with Gasteiger partial charge >= 0.3 is 0 Å². The molecule has 6 nitrogen and oxygen atoms in total. The summed E-state index contributed by atoms with van der Waals surface area (Å²) < 4.78 is 7.81. The predicted molar refractivity (Wildman–Crippen MR) is 119 cm³/mol. The number of pyridine rings is 2. The van der Waals surface area contributed by atoms with Crippen molar-refractivity contribution in [3.8, 4) is 17.1 Å². The third-order valence-corrected chi connectivity index (χ3v) is 5.73. The largest absolute Gasteiger partial charge is 0.475 e. The molecule has 1 aliphatic heterocycles. The van der Waals surface area contributed by atoms with Gasteiger partial charge in [-0.25, -0.2) is 9.97 Å². The molecule has 0 radical (unpaired) electrons. The lowest BCUT2D eigenvalue weighted by Crippen LogP contribution is -2.39. The molecule has 4 aromatic rings. The third kappa shape index (κ3) is 3.77. The lowest BCUT2D eigenvalue weighted by Gasteiger charge is -2.25. The standard InChI is InChI=1S/C25H24N4O2/c1-18-12-13-22(26-16-18)31-17-20-10-7-15-28(20)25(30)24-23(19-8-3-2-4-9-19)27-21-11-5-6-14-29(21)24/h2-6,8-9,11-14,16,20H,7,10,15,17H2,1H3/t20-/m0/s1. The summed E-state index contributed by atoms with van der Waals surface area (Å²) in [5, 5.41) is 0. The van der Waals surface area contributed by atoms with Crippen LogP contribution >= 0.6 is 0 Å². The first-order valence-electron chi connectivity index (χ1n) is 10.6. The second kappa shape index (κ2) is 8.22. The van der Waals surface area contributed by atoms with Crippen LogP contribution in [0.15, 0.2) is 73.1 Å². The molecule has 1 atom stereocenters. The van der Waals surface area contributed by atoms with Crippen LogP contribution in [0.25, 0.3) is 16.9 Å². The minimum atomic E-state index is -0.0134. The number of imidazole rings is 1. The summed E-state index contributed by atoms with van der Waals surface area (Å²) in [6.45, 7) is 3.13. The molecule has 0 N–H and O–H groups in total. The number of ether oxygens (including phenoxy) is 1. The monoisotopic (exact) mass is 412 g/mol. The number of nitrogens with zero attached hydrogens (tertiary/aromatic N) is 4. The maximum atomic E-state index is 13.8. The second-order valence-electron chi connectivity index (χ2n) is 7.88. The number of carbonyl (C=O) groups excluding carboxylic acids is 1. The Balaban J connectivity index is 1.45. The highest BCUT2D eigenvalue weighted by Crippen LogP contribution is 2.28. The maximum absolute atomic E-state index is 13.8. The van der Waals surface area contributed by atoms with Crippen LogP contribution in [-0.2, 0) is 0 Å². The topological polar surface area (TPSA) is 59.7 Å². The molecule has 5 rings (SSSR count). The Morgan fingerprint density at radius 1 is 1.10 bits per heavy atom. The molecule has 6 heteroatoms. The smallest absolute Gasteiger partial charge is 0.273 e. The first-order chi connectivity index (χ1) is 15.2. The Morgan fingerprint density at radius 3 is 2.74 bits per heavy atom. The summed E-state index contributed by atoms with van der Waals surface area (Å²) in [4.78, 5) is 24.8. The van der Waals surface area contributed by atoms with E-state index < -0.39 is 0 Å². The maximum Gasteiger partial charge on any atom is 0.273 e. The van der Waals surface area contributed by atoms with Crippen molar-refractivity contribution in [2.24, 2.45) is 0 Å². The van der Waals surface area contributed by atoms with E-state index in [0.29, 0.717) is 30.4 Å². The van der Waals surface area contributed by atoms with Crippen LogP contribution < -0.4 is 4.74 Å². The van der Waals surface area contributed by atoms with Gasteiger partial charge in [0.2, 0.25) is 5.88 Å². The zero-order valence-electron chi connectivity index (χ0n) is 17.4. The number of benzene rings is 1. The minimum absolute atomic E-state index is 0.00786. The molecule has 0 saturated carbocycles. The van der Waals surface area contributed by atoms with Crippen LogP contribution in [0, 0.1) is 6.92 Å². The molecule has 0 bridgehead atoms. The number of hydrogen-bond donors (Lipinski definition) is 0. The average molecular weight is 412 g/mol. The number of rotatable bonds is 5. The van der Waals surface area contributed by atoms with E-state index >= 15 is 0 Å². The number of likely N-dealkylation sites (tertiary alicyclic amines) is 1. The van der Waals surface area contributed by atoms with E-state index in [1.165, 1.54) is 0 Å². The van der Waals surface area contributed by atoms with Crippen molar-refractivity contribution in [1.29, 1.82) is 0 Å². The fourth-order valence-electron chi connectivity index (χ4n) is 4.13. The van der Waals surface area contributed by atoms with Gasteiger partial charge in [-0.15, -0.1) is 0 Å². The van der Waals surface area contributed by atoms with E-state index in [-0.39, 0.29) is 11.9 Å². The Labute approximate surface area is 181 Å². The van der Waals surface area contributed by atoms with Gasteiger partial charge in [-0.3, -0.25) is 9.20 Å². The summed E-state index contributed by atoms with van der Waals surface area (Å²) in [6, 6.07) is 19.5. The molecule has 3 aromatic heterocycles. The van der Waals surface area contributed by atoms with Crippen molar-refractivity contribution in [2.75, 3.05) is 13.2 Å². The number of hydrogen-bond acceptors (Lipinski definition) is 4. The van der Waals surface area contributed by atoms with Crippen molar-refractivity contribution in [2.45, 2.75) is 25.8 Å². The molecule has 4 heterocycles. The molecule has 31 heavy (non-hydrogen) atoms. The van der Waals surface area contributed by atoms with Crippen LogP contribution in [0.5, 0.6) is 5.88 Å². The van der Waals surface area contributed by atoms with Gasteiger partial charge in [-0.05, 0) is 37.5 Å². The Morgan fingerprint density at radius 2 is 1.94 bits per heavy atom. The molecular weight excluding hydrogens is 388 g/mol. The zero-order chi connectivity index (χ0) is 21.2. The summed E-state index contributed by atoms with van der Waals surface area (Å²) in [7, 11) is 0. The molecule has 0 unspecified atom stereocenters. The highest BCUT2D eigenvalue weighted by Gasteiger charge is 2.33. The van der Waals surface area contributed by atoms with Crippen LogP contribution in [-0.4, -0.2) is 44.4 Å². The minimum Gasteiger partial charge on any atom is -0.475 e. The van der Waals surface area contributed by atoms with Gasteiger partial charge in [0.05, 0.1) is 6.04 Å². The molecular formula is C25H24N4O2. The van der Waals surface area contributed by atoms with Gasteiger partial charge in [-0.2, -0.15) is 0 Å². The fourth-order valence-corrected chi connectivity index (χ4v) is 4.13. The van der Waals surface area contributed by atoms with Gasteiger partial charge in [0.15, 0.2) is 0 Å². The van der Waals surface area contributed by atoms with Crippen molar-refractivity contribution >= 4 is 11.6 Å². The summed E-state index contributed by atoms with van der Waals surface area (Å²) in [6.07, 6.45) is 5.56. The number of aromatic nitrogens is 3. The van der Waals surface area contributed by atoms with E-state index in [0.717, 1.165) is 29.6 Å². The Bertz CT molecular complexity index is 1200. The van der Waals surface area contributed by atoms with Gasteiger partial charge in [0.25, 0.3) is 5.91 Å². The van der Waals surface area contributed by atoms with Gasteiger partial charge in [0, 0.05) is 30.6 Å². The Hall–Kier alpha value is -3.67. The van der Waals surface area contributed by atoms with Crippen molar-refractivity contribution < 1.29 is 9.53 Å².